The van der Waals surface area contributed by atoms with E-state index in [1.807, 2.05) is 6.08 Å². The molecule has 1 aromatic carbocycles. The van der Waals surface area contributed by atoms with Crippen molar-refractivity contribution in [2.75, 3.05) is 0 Å². The van der Waals surface area contributed by atoms with Crippen LogP contribution in [0.1, 0.15) is 18.4 Å². The Hall–Kier alpha value is -0.820. The molecule has 0 aromatic heterocycles. The summed E-state index contributed by atoms with van der Waals surface area (Å²) in [5.41, 5.74) is 0.951. The van der Waals surface area contributed by atoms with Crippen molar-refractivity contribution in [2.24, 2.45) is 0 Å². The maximum Gasteiger partial charge on any atom is 0.124 e. The zero-order chi connectivity index (χ0) is 9.68. The van der Waals surface area contributed by atoms with Gasteiger partial charge in [-0.25, -0.2) is 4.39 Å². The summed E-state index contributed by atoms with van der Waals surface area (Å²) in [6.45, 7) is 3.63. The van der Waals surface area contributed by atoms with Gasteiger partial charge in [-0.15, -0.1) is 6.58 Å². The van der Waals surface area contributed by atoms with Crippen LogP contribution in [0, 0.1) is 5.82 Å². The minimum Gasteiger partial charge on any atom is -0.207 e. The first kappa shape index (κ1) is 10.3. The van der Waals surface area contributed by atoms with Crippen molar-refractivity contribution >= 4 is 11.6 Å². The smallest absolute Gasteiger partial charge is 0.124 e. The average molecular weight is 199 g/mol. The first-order valence-electron chi connectivity index (χ1n) is 4.28. The molecule has 0 nitrogen and oxygen atoms in total. The van der Waals surface area contributed by atoms with Crippen molar-refractivity contribution in [1.29, 1.82) is 0 Å². The van der Waals surface area contributed by atoms with E-state index in [0.717, 1.165) is 24.8 Å². The molecule has 2 heteroatoms. The summed E-state index contributed by atoms with van der Waals surface area (Å²) in [4.78, 5) is 0. The fourth-order valence-corrected chi connectivity index (χ4v) is 1.45. The second-order valence-corrected chi connectivity index (χ2v) is 3.40. The maximum absolute atomic E-state index is 12.8. The molecule has 13 heavy (non-hydrogen) atoms. The largest absolute Gasteiger partial charge is 0.207 e. The molecule has 0 bridgehead atoms. The Labute approximate surface area is 83.0 Å². The Bertz CT molecular complexity index is 274. The molecule has 1 aromatic rings. The highest BCUT2D eigenvalue weighted by Gasteiger charge is 1.98. The Morgan fingerprint density at radius 2 is 2.15 bits per heavy atom. The predicted octanol–water partition coefficient (Wildman–Crippen LogP) is 3.99. The molecule has 0 saturated heterocycles. The second kappa shape index (κ2) is 5.03. The SMILES string of the molecule is C=CCCCc1cc(F)cc(Cl)c1. The van der Waals surface area contributed by atoms with E-state index in [9.17, 15) is 4.39 Å². The summed E-state index contributed by atoms with van der Waals surface area (Å²) in [5.74, 6) is -0.263. The first-order valence-corrected chi connectivity index (χ1v) is 4.66. The van der Waals surface area contributed by atoms with Crippen LogP contribution in [-0.4, -0.2) is 0 Å². The van der Waals surface area contributed by atoms with E-state index in [2.05, 4.69) is 6.58 Å². The summed E-state index contributed by atoms with van der Waals surface area (Å²) >= 11 is 5.70. The van der Waals surface area contributed by atoms with Gasteiger partial charge in [0.25, 0.3) is 0 Å². The third-order valence-electron chi connectivity index (χ3n) is 1.80. The van der Waals surface area contributed by atoms with E-state index in [1.165, 1.54) is 12.1 Å². The molecule has 0 spiro atoms. The molecular formula is C11H12ClF. The molecule has 0 radical (unpaired) electrons. The number of hydrogen-bond donors (Lipinski definition) is 0. The Morgan fingerprint density at radius 1 is 1.38 bits per heavy atom. The van der Waals surface area contributed by atoms with Crippen LogP contribution in [0.15, 0.2) is 30.9 Å². The van der Waals surface area contributed by atoms with Crippen LogP contribution in [0.2, 0.25) is 5.02 Å². The first-order chi connectivity index (χ1) is 6.22. The minimum atomic E-state index is -0.263. The Morgan fingerprint density at radius 3 is 2.77 bits per heavy atom. The minimum absolute atomic E-state index is 0.263. The fraction of sp³-hybridized carbons (Fsp3) is 0.273. The third-order valence-corrected chi connectivity index (χ3v) is 2.01. The van der Waals surface area contributed by atoms with Gasteiger partial charge in [0.05, 0.1) is 0 Å². The van der Waals surface area contributed by atoms with Crippen LogP contribution in [0.3, 0.4) is 0 Å². The number of aryl methyl sites for hydroxylation is 1. The molecule has 0 amide bonds. The van der Waals surface area contributed by atoms with Crippen molar-refractivity contribution in [3.05, 3.63) is 47.3 Å². The predicted molar refractivity (Wildman–Crippen MR) is 54.5 cm³/mol. The lowest BCUT2D eigenvalue weighted by Gasteiger charge is -2.00. The van der Waals surface area contributed by atoms with Gasteiger partial charge in [0.1, 0.15) is 5.82 Å². The summed E-state index contributed by atoms with van der Waals surface area (Å²) in [6.07, 6.45) is 4.65. The van der Waals surface area contributed by atoms with Crippen LogP contribution in [0.5, 0.6) is 0 Å². The van der Waals surface area contributed by atoms with Gasteiger partial charge in [0.2, 0.25) is 0 Å². The highest BCUT2D eigenvalue weighted by Crippen LogP contribution is 2.15. The van der Waals surface area contributed by atoms with Crippen molar-refractivity contribution in [3.8, 4) is 0 Å². The number of rotatable bonds is 4. The summed E-state index contributed by atoms with van der Waals surface area (Å²) in [5, 5.41) is 0.466. The van der Waals surface area contributed by atoms with Crippen LogP contribution in [-0.2, 0) is 6.42 Å². The second-order valence-electron chi connectivity index (χ2n) is 2.96. The highest BCUT2D eigenvalue weighted by atomic mass is 35.5. The van der Waals surface area contributed by atoms with Gasteiger partial charge in [-0.3, -0.25) is 0 Å². The zero-order valence-electron chi connectivity index (χ0n) is 7.39. The number of allylic oxidation sites excluding steroid dienone is 1. The summed E-state index contributed by atoms with van der Waals surface area (Å²) in [6, 6.07) is 4.64. The van der Waals surface area contributed by atoms with Crippen LogP contribution in [0.4, 0.5) is 4.39 Å². The van der Waals surface area contributed by atoms with Crippen molar-refractivity contribution in [2.45, 2.75) is 19.3 Å². The molecular weight excluding hydrogens is 187 g/mol. The van der Waals surface area contributed by atoms with Crippen LogP contribution >= 0.6 is 11.6 Å². The molecule has 0 unspecified atom stereocenters. The Balaban J connectivity index is 2.60. The number of unbranched alkanes of at least 4 members (excludes halogenated alkanes) is 1. The van der Waals surface area contributed by atoms with Gasteiger partial charge in [-0.2, -0.15) is 0 Å². The van der Waals surface area contributed by atoms with E-state index in [4.69, 9.17) is 11.6 Å². The molecule has 0 fully saturated rings. The number of hydrogen-bond acceptors (Lipinski definition) is 0. The Kier molecular flexibility index (Phi) is 3.97. The van der Waals surface area contributed by atoms with E-state index < -0.39 is 0 Å². The molecule has 1 rings (SSSR count). The molecule has 0 saturated carbocycles. The van der Waals surface area contributed by atoms with E-state index >= 15 is 0 Å². The van der Waals surface area contributed by atoms with Gasteiger partial charge in [0, 0.05) is 5.02 Å². The van der Waals surface area contributed by atoms with Gasteiger partial charge in [-0.05, 0) is 43.0 Å². The van der Waals surface area contributed by atoms with E-state index in [-0.39, 0.29) is 5.82 Å². The van der Waals surface area contributed by atoms with Gasteiger partial charge in [0.15, 0.2) is 0 Å². The molecule has 0 aliphatic carbocycles. The summed E-state index contributed by atoms with van der Waals surface area (Å²) < 4.78 is 12.8. The van der Waals surface area contributed by atoms with Crippen molar-refractivity contribution < 1.29 is 4.39 Å². The van der Waals surface area contributed by atoms with Crippen LogP contribution < -0.4 is 0 Å². The lowest BCUT2D eigenvalue weighted by molar-refractivity contribution is 0.624. The molecule has 70 valence electrons. The molecule has 0 aliphatic heterocycles. The normalized spacial score (nSPS) is 10.0. The highest BCUT2D eigenvalue weighted by molar-refractivity contribution is 6.30. The van der Waals surface area contributed by atoms with Gasteiger partial charge >= 0.3 is 0 Å². The molecule has 0 aliphatic rings. The third kappa shape index (κ3) is 3.60. The maximum atomic E-state index is 12.8. The van der Waals surface area contributed by atoms with Crippen LogP contribution in [0.25, 0.3) is 0 Å². The molecule has 0 heterocycles. The van der Waals surface area contributed by atoms with Crippen molar-refractivity contribution in [3.63, 3.8) is 0 Å². The molecule has 0 N–H and O–H groups in total. The van der Waals surface area contributed by atoms with Gasteiger partial charge < -0.3 is 0 Å². The quantitative estimate of drug-likeness (QED) is 0.507. The average Bonchev–Trinajstić information content (AvgIpc) is 2.03. The van der Waals surface area contributed by atoms with Crippen molar-refractivity contribution in [1.82, 2.24) is 0 Å². The van der Waals surface area contributed by atoms with Gasteiger partial charge in [-0.1, -0.05) is 17.7 Å². The standard InChI is InChI=1S/C11H12ClF/c1-2-3-4-5-9-6-10(12)8-11(13)7-9/h2,6-8H,1,3-5H2. The molecule has 0 atom stereocenters. The number of halogens is 2. The summed E-state index contributed by atoms with van der Waals surface area (Å²) in [7, 11) is 0. The number of benzene rings is 1. The lowest BCUT2D eigenvalue weighted by Crippen LogP contribution is -1.86. The lowest BCUT2D eigenvalue weighted by atomic mass is 10.1. The van der Waals surface area contributed by atoms with E-state index in [0.29, 0.717) is 5.02 Å². The monoisotopic (exact) mass is 198 g/mol. The van der Waals surface area contributed by atoms with E-state index in [1.54, 1.807) is 6.07 Å². The topological polar surface area (TPSA) is 0 Å². The zero-order valence-corrected chi connectivity index (χ0v) is 8.15. The fourth-order valence-electron chi connectivity index (χ4n) is 1.21.